The Labute approximate surface area is 124 Å². The zero-order valence-electron chi connectivity index (χ0n) is 11.7. The van der Waals surface area contributed by atoms with Gasteiger partial charge in [0.1, 0.15) is 0 Å². The summed E-state index contributed by atoms with van der Waals surface area (Å²) in [7, 11) is 0. The normalized spacial score (nSPS) is 25.4. The van der Waals surface area contributed by atoms with Gasteiger partial charge in [0.15, 0.2) is 0 Å². The maximum absolute atomic E-state index is 12.3. The minimum absolute atomic E-state index is 0.0183. The van der Waals surface area contributed by atoms with Gasteiger partial charge in [-0.2, -0.15) is 0 Å². The molecule has 2 N–H and O–H groups in total. The lowest BCUT2D eigenvalue weighted by Gasteiger charge is -2.34. The summed E-state index contributed by atoms with van der Waals surface area (Å²) in [5.74, 6) is 0.608. The molecule has 2 fully saturated rings. The summed E-state index contributed by atoms with van der Waals surface area (Å²) in [5, 5.41) is 7.13. The zero-order valence-corrected chi connectivity index (χ0v) is 12.4. The summed E-state index contributed by atoms with van der Waals surface area (Å²) >= 11 is 6.08. The van der Waals surface area contributed by atoms with E-state index in [9.17, 15) is 4.79 Å². The maximum Gasteiger partial charge on any atom is 0.321 e. The quantitative estimate of drug-likeness (QED) is 0.836. The number of nitrogens with zero attached hydrogens (tertiary/aromatic N) is 1. The number of amides is 2. The molecule has 20 heavy (non-hydrogen) atoms. The van der Waals surface area contributed by atoms with E-state index in [1.807, 2.05) is 24.0 Å². The first-order valence-corrected chi connectivity index (χ1v) is 7.57. The third-order valence-electron chi connectivity index (χ3n) is 4.37. The Hall–Kier alpha value is -1.26. The summed E-state index contributed by atoms with van der Waals surface area (Å²) in [4.78, 5) is 14.2. The number of carbonyl (C=O) groups is 1. The van der Waals surface area contributed by atoms with Crippen LogP contribution in [-0.4, -0.2) is 36.6 Å². The number of hydrogen-bond donors (Lipinski definition) is 2. The van der Waals surface area contributed by atoms with E-state index in [1.165, 1.54) is 6.42 Å². The van der Waals surface area contributed by atoms with Gasteiger partial charge in [-0.25, -0.2) is 4.79 Å². The van der Waals surface area contributed by atoms with E-state index in [0.29, 0.717) is 17.0 Å². The highest BCUT2D eigenvalue weighted by Crippen LogP contribution is 2.25. The summed E-state index contributed by atoms with van der Waals surface area (Å²) in [6.45, 7) is 4.70. The van der Waals surface area contributed by atoms with Crippen molar-refractivity contribution >= 4 is 23.3 Å². The van der Waals surface area contributed by atoms with Crippen LogP contribution in [0.2, 0.25) is 5.02 Å². The molecule has 0 aliphatic carbocycles. The van der Waals surface area contributed by atoms with Gasteiger partial charge in [-0.1, -0.05) is 17.7 Å². The fourth-order valence-corrected chi connectivity index (χ4v) is 3.29. The van der Waals surface area contributed by atoms with Crippen molar-refractivity contribution in [3.05, 3.63) is 28.8 Å². The Morgan fingerprint density at radius 1 is 1.45 bits per heavy atom. The van der Waals surface area contributed by atoms with E-state index in [4.69, 9.17) is 11.6 Å². The van der Waals surface area contributed by atoms with Gasteiger partial charge in [-0.05, 0) is 49.9 Å². The van der Waals surface area contributed by atoms with Gasteiger partial charge in [0, 0.05) is 29.8 Å². The van der Waals surface area contributed by atoms with Gasteiger partial charge < -0.3 is 15.5 Å². The molecule has 2 unspecified atom stereocenters. The molecule has 1 aromatic rings. The van der Waals surface area contributed by atoms with Crippen molar-refractivity contribution < 1.29 is 4.79 Å². The maximum atomic E-state index is 12.3. The number of urea groups is 1. The first-order valence-electron chi connectivity index (χ1n) is 7.19. The predicted octanol–water partition coefficient (Wildman–Crippen LogP) is 2.86. The number of hydrogen-bond acceptors (Lipinski definition) is 2. The molecule has 3 rings (SSSR count). The van der Waals surface area contributed by atoms with E-state index in [0.717, 1.165) is 37.3 Å². The first kappa shape index (κ1) is 13.7. The smallest absolute Gasteiger partial charge is 0.321 e. The molecule has 2 atom stereocenters. The second kappa shape index (κ2) is 5.62. The van der Waals surface area contributed by atoms with E-state index in [1.54, 1.807) is 6.07 Å². The Kier molecular flexibility index (Phi) is 3.85. The molecule has 2 saturated heterocycles. The standard InChI is InChI=1S/C15H20ClN3O/c1-10-2-3-12(8-13(10)16)18-15(20)19-7-5-14-11(9-19)4-6-17-14/h2-3,8,11,14,17H,4-7,9H2,1H3,(H,18,20). The number of nitrogens with one attached hydrogen (secondary N) is 2. The number of carbonyl (C=O) groups excluding carboxylic acids is 1. The Morgan fingerprint density at radius 3 is 3.10 bits per heavy atom. The fourth-order valence-electron chi connectivity index (χ4n) is 3.11. The highest BCUT2D eigenvalue weighted by atomic mass is 35.5. The number of halogens is 1. The van der Waals surface area contributed by atoms with Crippen molar-refractivity contribution in [1.82, 2.24) is 10.2 Å². The van der Waals surface area contributed by atoms with Gasteiger partial charge in [0.25, 0.3) is 0 Å². The third kappa shape index (κ3) is 2.76. The molecule has 0 aromatic heterocycles. The zero-order chi connectivity index (χ0) is 14.1. The number of fused-ring (bicyclic) bond motifs is 1. The van der Waals surface area contributed by atoms with Crippen LogP contribution in [0.1, 0.15) is 18.4 Å². The molecular formula is C15H20ClN3O. The number of anilines is 1. The topological polar surface area (TPSA) is 44.4 Å². The average molecular weight is 294 g/mol. The van der Waals surface area contributed by atoms with Crippen LogP contribution in [0.4, 0.5) is 10.5 Å². The molecule has 2 heterocycles. The van der Waals surface area contributed by atoms with Crippen LogP contribution < -0.4 is 10.6 Å². The minimum atomic E-state index is -0.0183. The molecule has 1 aromatic carbocycles. The second-order valence-corrected chi connectivity index (χ2v) is 6.15. The van der Waals surface area contributed by atoms with Crippen LogP contribution in [0.5, 0.6) is 0 Å². The van der Waals surface area contributed by atoms with Crippen molar-refractivity contribution in [2.24, 2.45) is 5.92 Å². The van der Waals surface area contributed by atoms with Crippen LogP contribution in [0.15, 0.2) is 18.2 Å². The molecular weight excluding hydrogens is 274 g/mol. The molecule has 4 nitrogen and oxygen atoms in total. The van der Waals surface area contributed by atoms with Crippen molar-refractivity contribution in [3.63, 3.8) is 0 Å². The third-order valence-corrected chi connectivity index (χ3v) is 4.77. The molecule has 2 aliphatic heterocycles. The van der Waals surface area contributed by atoms with Gasteiger partial charge in [-0.15, -0.1) is 0 Å². The number of aryl methyl sites for hydroxylation is 1. The van der Waals surface area contributed by atoms with Crippen molar-refractivity contribution in [3.8, 4) is 0 Å². The van der Waals surface area contributed by atoms with Crippen LogP contribution in [0.3, 0.4) is 0 Å². The molecule has 0 radical (unpaired) electrons. The number of piperidine rings is 1. The lowest BCUT2D eigenvalue weighted by molar-refractivity contribution is 0.170. The molecule has 2 amide bonds. The van der Waals surface area contributed by atoms with E-state index in [-0.39, 0.29) is 6.03 Å². The Morgan fingerprint density at radius 2 is 2.30 bits per heavy atom. The van der Waals surface area contributed by atoms with Crippen LogP contribution >= 0.6 is 11.6 Å². The van der Waals surface area contributed by atoms with E-state index < -0.39 is 0 Å². The summed E-state index contributed by atoms with van der Waals surface area (Å²) < 4.78 is 0. The average Bonchev–Trinajstić information content (AvgIpc) is 2.90. The van der Waals surface area contributed by atoms with Crippen molar-refractivity contribution in [1.29, 1.82) is 0 Å². The lowest BCUT2D eigenvalue weighted by atomic mass is 9.94. The van der Waals surface area contributed by atoms with Gasteiger partial charge >= 0.3 is 6.03 Å². The van der Waals surface area contributed by atoms with Crippen molar-refractivity contribution in [2.45, 2.75) is 25.8 Å². The largest absolute Gasteiger partial charge is 0.324 e. The van der Waals surface area contributed by atoms with Gasteiger partial charge in [0.2, 0.25) is 0 Å². The van der Waals surface area contributed by atoms with E-state index in [2.05, 4.69) is 10.6 Å². The molecule has 0 spiro atoms. The number of benzene rings is 1. The van der Waals surface area contributed by atoms with Gasteiger partial charge in [0.05, 0.1) is 0 Å². The predicted molar refractivity (Wildman–Crippen MR) is 81.3 cm³/mol. The SMILES string of the molecule is Cc1ccc(NC(=O)N2CCC3NCCC3C2)cc1Cl. The molecule has 0 saturated carbocycles. The van der Waals surface area contributed by atoms with Crippen LogP contribution in [0, 0.1) is 12.8 Å². The Balaban J connectivity index is 1.62. The number of rotatable bonds is 1. The summed E-state index contributed by atoms with van der Waals surface area (Å²) in [5.41, 5.74) is 1.78. The fraction of sp³-hybridized carbons (Fsp3) is 0.533. The minimum Gasteiger partial charge on any atom is -0.324 e. The van der Waals surface area contributed by atoms with E-state index >= 15 is 0 Å². The number of likely N-dealkylation sites (tertiary alicyclic amines) is 1. The van der Waals surface area contributed by atoms with Crippen LogP contribution in [-0.2, 0) is 0 Å². The molecule has 5 heteroatoms. The highest BCUT2D eigenvalue weighted by molar-refractivity contribution is 6.31. The lowest BCUT2D eigenvalue weighted by Crippen LogP contribution is -2.48. The monoisotopic (exact) mass is 293 g/mol. The molecule has 0 bridgehead atoms. The first-order chi connectivity index (χ1) is 9.63. The Bertz CT molecular complexity index is 520. The molecule has 2 aliphatic rings. The highest BCUT2D eigenvalue weighted by Gasteiger charge is 2.34. The second-order valence-electron chi connectivity index (χ2n) is 5.74. The van der Waals surface area contributed by atoms with Crippen LogP contribution in [0.25, 0.3) is 0 Å². The van der Waals surface area contributed by atoms with Crippen molar-refractivity contribution in [2.75, 3.05) is 25.0 Å². The summed E-state index contributed by atoms with van der Waals surface area (Å²) in [6, 6.07) is 6.20. The summed E-state index contributed by atoms with van der Waals surface area (Å²) in [6.07, 6.45) is 2.22. The van der Waals surface area contributed by atoms with Gasteiger partial charge in [-0.3, -0.25) is 0 Å². The molecule has 108 valence electrons.